The molecule has 0 aliphatic heterocycles. The third-order valence-corrected chi connectivity index (χ3v) is 4.02. The molecular weight excluding hydrogens is 318 g/mol. The Bertz CT molecular complexity index is 497. The summed E-state index contributed by atoms with van der Waals surface area (Å²) in [5.74, 6) is 0. The monoisotopic (exact) mass is 333 g/mol. The van der Waals surface area contributed by atoms with E-state index in [0.717, 1.165) is 10.0 Å². The van der Waals surface area contributed by atoms with Crippen molar-refractivity contribution in [1.29, 1.82) is 0 Å². The van der Waals surface area contributed by atoms with Crippen molar-refractivity contribution in [3.8, 4) is 0 Å². The van der Waals surface area contributed by atoms with Crippen LogP contribution in [-0.4, -0.2) is 28.2 Å². The van der Waals surface area contributed by atoms with Crippen LogP contribution >= 0.6 is 15.9 Å². The summed E-state index contributed by atoms with van der Waals surface area (Å²) < 4.78 is 32.2. The van der Waals surface area contributed by atoms with E-state index in [1.807, 2.05) is 6.92 Å². The number of hydrogen-bond donors (Lipinski definition) is 1. The molecule has 0 aromatic heterocycles. The number of sulfonamides is 1. The predicted molar refractivity (Wildman–Crippen MR) is 75.0 cm³/mol. The highest BCUT2D eigenvalue weighted by molar-refractivity contribution is 9.10. The lowest BCUT2D eigenvalue weighted by Crippen LogP contribution is -2.27. The largest absolute Gasteiger partial charge is 0.376 e. The van der Waals surface area contributed by atoms with E-state index < -0.39 is 10.0 Å². The highest BCUT2D eigenvalue weighted by Crippen LogP contribution is 2.14. The first kappa shape index (κ1) is 15.4. The molecule has 4 nitrogen and oxygen atoms in total. The fourth-order valence-electron chi connectivity index (χ4n) is 1.19. The number of hydrogen-bond acceptors (Lipinski definition) is 3. The normalized spacial score (nSPS) is 11.4. The Balaban J connectivity index is 2.45. The molecule has 0 bridgehead atoms. The van der Waals surface area contributed by atoms with E-state index >= 15 is 0 Å². The molecule has 0 radical (unpaired) electrons. The number of nitrogens with one attached hydrogen (secondary N) is 1. The third kappa shape index (κ3) is 5.30. The van der Waals surface area contributed by atoms with Gasteiger partial charge >= 0.3 is 0 Å². The van der Waals surface area contributed by atoms with E-state index in [2.05, 4.69) is 27.2 Å². The Labute approximate surface area is 116 Å². The topological polar surface area (TPSA) is 55.4 Å². The second-order valence-electron chi connectivity index (χ2n) is 3.86. The molecule has 0 spiro atoms. The highest BCUT2D eigenvalue weighted by Gasteiger charge is 2.12. The molecule has 0 aliphatic rings. The molecule has 0 heterocycles. The van der Waals surface area contributed by atoms with Gasteiger partial charge in [-0.05, 0) is 31.2 Å². The fraction of sp³-hybridized carbons (Fsp3) is 0.333. The average molecular weight is 334 g/mol. The Morgan fingerprint density at radius 1 is 1.39 bits per heavy atom. The van der Waals surface area contributed by atoms with Crippen LogP contribution < -0.4 is 4.72 Å². The molecule has 0 fully saturated rings. The Morgan fingerprint density at radius 2 is 2.00 bits per heavy atom. The quantitative estimate of drug-likeness (QED) is 0.615. The lowest BCUT2D eigenvalue weighted by atomic mass is 10.4. The molecule has 0 saturated heterocycles. The van der Waals surface area contributed by atoms with Crippen LogP contribution in [0.2, 0.25) is 0 Å². The van der Waals surface area contributed by atoms with E-state index in [0.29, 0.717) is 13.2 Å². The molecular formula is C12H16BrNO3S. The first-order chi connectivity index (χ1) is 8.42. The predicted octanol–water partition coefficient (Wildman–Crippen LogP) is 2.32. The van der Waals surface area contributed by atoms with Gasteiger partial charge in [-0.2, -0.15) is 0 Å². The van der Waals surface area contributed by atoms with Crippen LogP contribution in [0, 0.1) is 0 Å². The maximum atomic E-state index is 11.8. The van der Waals surface area contributed by atoms with Crippen LogP contribution in [0.4, 0.5) is 0 Å². The molecule has 0 amide bonds. The van der Waals surface area contributed by atoms with Crippen LogP contribution in [0.15, 0.2) is 45.8 Å². The standard InChI is InChI=1S/C12H16BrNO3S/c1-10(2)9-17-8-7-14-18(15,16)12-5-3-11(13)4-6-12/h3-6,14H,1,7-9H2,2H3. The van der Waals surface area contributed by atoms with Gasteiger partial charge in [0.2, 0.25) is 10.0 Å². The van der Waals surface area contributed by atoms with E-state index in [1.165, 1.54) is 0 Å². The number of rotatable bonds is 7. The van der Waals surface area contributed by atoms with E-state index in [9.17, 15) is 8.42 Å². The second-order valence-corrected chi connectivity index (χ2v) is 6.54. The number of ether oxygens (including phenoxy) is 1. The summed E-state index contributed by atoms with van der Waals surface area (Å²) in [6, 6.07) is 6.46. The van der Waals surface area contributed by atoms with Crippen molar-refractivity contribution >= 4 is 26.0 Å². The van der Waals surface area contributed by atoms with Crippen LogP contribution in [-0.2, 0) is 14.8 Å². The van der Waals surface area contributed by atoms with Crippen molar-refractivity contribution in [1.82, 2.24) is 4.72 Å². The lowest BCUT2D eigenvalue weighted by Gasteiger charge is -2.07. The molecule has 1 rings (SSSR count). The summed E-state index contributed by atoms with van der Waals surface area (Å²) in [4.78, 5) is 0.241. The van der Waals surface area contributed by atoms with Gasteiger partial charge in [-0.1, -0.05) is 28.1 Å². The summed E-state index contributed by atoms with van der Waals surface area (Å²) in [5, 5.41) is 0. The molecule has 0 saturated carbocycles. The fourth-order valence-corrected chi connectivity index (χ4v) is 2.47. The zero-order valence-corrected chi connectivity index (χ0v) is 12.6. The van der Waals surface area contributed by atoms with Crippen molar-refractivity contribution in [2.75, 3.05) is 19.8 Å². The van der Waals surface area contributed by atoms with E-state index in [-0.39, 0.29) is 11.4 Å². The zero-order chi connectivity index (χ0) is 13.6. The minimum absolute atomic E-state index is 0.241. The maximum absolute atomic E-state index is 11.8. The SMILES string of the molecule is C=C(C)COCCNS(=O)(=O)c1ccc(Br)cc1. The summed E-state index contributed by atoms with van der Waals surface area (Å²) >= 11 is 3.26. The van der Waals surface area contributed by atoms with Crippen molar-refractivity contribution in [2.24, 2.45) is 0 Å². The molecule has 18 heavy (non-hydrogen) atoms. The molecule has 100 valence electrons. The Morgan fingerprint density at radius 3 is 2.56 bits per heavy atom. The zero-order valence-electron chi connectivity index (χ0n) is 10.1. The second kappa shape index (κ2) is 7.04. The van der Waals surface area contributed by atoms with Crippen LogP contribution in [0.25, 0.3) is 0 Å². The molecule has 1 N–H and O–H groups in total. The summed E-state index contributed by atoms with van der Waals surface area (Å²) in [6.45, 7) is 6.55. The number of benzene rings is 1. The van der Waals surface area contributed by atoms with Crippen LogP contribution in [0.3, 0.4) is 0 Å². The first-order valence-corrected chi connectivity index (χ1v) is 7.67. The summed E-state index contributed by atoms with van der Waals surface area (Å²) in [5.41, 5.74) is 0.908. The van der Waals surface area contributed by atoms with Gasteiger partial charge in [0.1, 0.15) is 0 Å². The van der Waals surface area contributed by atoms with Crippen molar-refractivity contribution in [2.45, 2.75) is 11.8 Å². The van der Waals surface area contributed by atoms with Crippen molar-refractivity contribution in [3.63, 3.8) is 0 Å². The Kier molecular flexibility index (Phi) is 6.01. The van der Waals surface area contributed by atoms with Gasteiger partial charge < -0.3 is 4.74 Å². The summed E-state index contributed by atoms with van der Waals surface area (Å²) in [6.07, 6.45) is 0. The van der Waals surface area contributed by atoms with E-state index in [1.54, 1.807) is 24.3 Å². The van der Waals surface area contributed by atoms with Gasteiger partial charge in [-0.15, -0.1) is 0 Å². The number of halogens is 1. The molecule has 1 aromatic carbocycles. The van der Waals surface area contributed by atoms with Crippen LogP contribution in [0.5, 0.6) is 0 Å². The van der Waals surface area contributed by atoms with Gasteiger partial charge in [0, 0.05) is 11.0 Å². The minimum Gasteiger partial charge on any atom is -0.376 e. The van der Waals surface area contributed by atoms with Gasteiger partial charge in [-0.3, -0.25) is 0 Å². The maximum Gasteiger partial charge on any atom is 0.240 e. The highest BCUT2D eigenvalue weighted by atomic mass is 79.9. The summed E-state index contributed by atoms with van der Waals surface area (Å²) in [7, 11) is -3.45. The Hall–Kier alpha value is -0.690. The van der Waals surface area contributed by atoms with Gasteiger partial charge in [0.25, 0.3) is 0 Å². The third-order valence-electron chi connectivity index (χ3n) is 2.01. The van der Waals surface area contributed by atoms with Crippen molar-refractivity contribution in [3.05, 3.63) is 40.9 Å². The molecule has 0 unspecified atom stereocenters. The van der Waals surface area contributed by atoms with Gasteiger partial charge in [0.05, 0.1) is 18.1 Å². The lowest BCUT2D eigenvalue weighted by molar-refractivity contribution is 0.162. The molecule has 1 aromatic rings. The minimum atomic E-state index is -3.45. The van der Waals surface area contributed by atoms with E-state index in [4.69, 9.17) is 4.74 Å². The van der Waals surface area contributed by atoms with Crippen molar-refractivity contribution < 1.29 is 13.2 Å². The molecule has 0 atom stereocenters. The molecule has 6 heteroatoms. The average Bonchev–Trinajstić information content (AvgIpc) is 2.28. The van der Waals surface area contributed by atoms with Crippen LogP contribution in [0.1, 0.15) is 6.92 Å². The molecule has 0 aliphatic carbocycles. The first-order valence-electron chi connectivity index (χ1n) is 5.39. The smallest absolute Gasteiger partial charge is 0.240 e. The van der Waals surface area contributed by atoms with Gasteiger partial charge in [-0.25, -0.2) is 13.1 Å². The van der Waals surface area contributed by atoms with Gasteiger partial charge in [0.15, 0.2) is 0 Å².